The van der Waals surface area contributed by atoms with Crippen LogP contribution in [0.3, 0.4) is 0 Å². The van der Waals surface area contributed by atoms with E-state index in [2.05, 4.69) is 21.2 Å². The number of aromatic nitrogens is 1. The molecular formula is C13H20BrN3O3. The minimum absolute atomic E-state index is 0.0731. The van der Waals surface area contributed by atoms with Crippen molar-refractivity contribution in [2.45, 2.75) is 19.1 Å². The van der Waals surface area contributed by atoms with E-state index in [1.165, 1.54) is 10.6 Å². The summed E-state index contributed by atoms with van der Waals surface area (Å²) < 4.78 is 2.03. The molecule has 0 aromatic carbocycles. The van der Waals surface area contributed by atoms with Crippen molar-refractivity contribution in [3.8, 4) is 0 Å². The van der Waals surface area contributed by atoms with Crippen molar-refractivity contribution in [3.63, 3.8) is 0 Å². The molecule has 1 atom stereocenters. The molecule has 1 amide bonds. The highest BCUT2D eigenvalue weighted by Gasteiger charge is 2.22. The number of hydrogen-bond acceptors (Lipinski definition) is 4. The number of nitrogens with zero attached hydrogens (tertiary/aromatic N) is 2. The molecule has 20 heavy (non-hydrogen) atoms. The molecule has 0 bridgehead atoms. The molecule has 0 fully saturated rings. The molecule has 7 heteroatoms. The average molecular weight is 346 g/mol. The second-order valence-corrected chi connectivity index (χ2v) is 6.24. The largest absolute Gasteiger partial charge is 0.387 e. The summed E-state index contributed by atoms with van der Waals surface area (Å²) in [7, 11) is 3.69. The normalized spacial score (nSPS) is 14.1. The number of halogens is 1. The Morgan fingerprint density at radius 2 is 2.15 bits per heavy atom. The molecule has 2 N–H and O–H groups in total. The molecule has 0 aliphatic rings. The Morgan fingerprint density at radius 1 is 1.50 bits per heavy atom. The highest BCUT2D eigenvalue weighted by molar-refractivity contribution is 9.10. The lowest BCUT2D eigenvalue weighted by molar-refractivity contribution is -0.123. The Bertz CT molecular complexity index is 526. The van der Waals surface area contributed by atoms with Gasteiger partial charge in [-0.25, -0.2) is 0 Å². The van der Waals surface area contributed by atoms with Crippen LogP contribution in [0.25, 0.3) is 0 Å². The molecule has 1 heterocycles. The van der Waals surface area contributed by atoms with E-state index in [0.29, 0.717) is 6.54 Å². The summed E-state index contributed by atoms with van der Waals surface area (Å²) in [5.74, 6) is -0.316. The average Bonchev–Trinajstić information content (AvgIpc) is 2.30. The molecule has 0 saturated carbocycles. The lowest BCUT2D eigenvalue weighted by atomic mass is 10.1. The van der Waals surface area contributed by atoms with Gasteiger partial charge in [-0.15, -0.1) is 0 Å². The van der Waals surface area contributed by atoms with Gasteiger partial charge in [-0.05, 0) is 43.0 Å². The van der Waals surface area contributed by atoms with Gasteiger partial charge >= 0.3 is 0 Å². The fourth-order valence-corrected chi connectivity index (χ4v) is 2.24. The van der Waals surface area contributed by atoms with E-state index < -0.39 is 5.60 Å². The molecule has 1 unspecified atom stereocenters. The number of amides is 1. The summed E-state index contributed by atoms with van der Waals surface area (Å²) in [5.41, 5.74) is -1.26. The fraction of sp³-hybridized carbons (Fsp3) is 0.538. The van der Waals surface area contributed by atoms with E-state index in [-0.39, 0.29) is 24.6 Å². The van der Waals surface area contributed by atoms with Crippen molar-refractivity contribution in [1.82, 2.24) is 14.8 Å². The van der Waals surface area contributed by atoms with Gasteiger partial charge in [0, 0.05) is 29.8 Å². The summed E-state index contributed by atoms with van der Waals surface area (Å²) in [4.78, 5) is 25.2. The fourth-order valence-electron chi connectivity index (χ4n) is 1.86. The van der Waals surface area contributed by atoms with E-state index in [1.807, 2.05) is 19.0 Å². The van der Waals surface area contributed by atoms with Crippen LogP contribution in [0.4, 0.5) is 0 Å². The van der Waals surface area contributed by atoms with E-state index >= 15 is 0 Å². The van der Waals surface area contributed by atoms with Crippen molar-refractivity contribution in [2.75, 3.05) is 27.2 Å². The lowest BCUT2D eigenvalue weighted by Crippen LogP contribution is -2.48. The van der Waals surface area contributed by atoms with Crippen LogP contribution >= 0.6 is 15.9 Å². The van der Waals surface area contributed by atoms with Gasteiger partial charge < -0.3 is 19.9 Å². The lowest BCUT2D eigenvalue weighted by Gasteiger charge is -2.27. The van der Waals surface area contributed by atoms with Crippen LogP contribution in [0.15, 0.2) is 27.6 Å². The number of rotatable bonds is 6. The topological polar surface area (TPSA) is 74.6 Å². The third-order valence-corrected chi connectivity index (χ3v) is 3.05. The molecule has 1 rings (SSSR count). The molecular weight excluding hydrogens is 326 g/mol. The Morgan fingerprint density at radius 3 is 2.75 bits per heavy atom. The van der Waals surface area contributed by atoms with E-state index in [0.717, 1.165) is 4.47 Å². The van der Waals surface area contributed by atoms with Crippen molar-refractivity contribution in [1.29, 1.82) is 0 Å². The predicted molar refractivity (Wildman–Crippen MR) is 80.6 cm³/mol. The number of carbonyl (C=O) groups is 1. The van der Waals surface area contributed by atoms with Gasteiger partial charge in [0.2, 0.25) is 5.91 Å². The first-order valence-corrected chi connectivity index (χ1v) is 6.99. The van der Waals surface area contributed by atoms with Crippen LogP contribution in [0.2, 0.25) is 0 Å². The molecule has 0 aliphatic heterocycles. The van der Waals surface area contributed by atoms with Crippen LogP contribution in [-0.4, -0.2) is 53.3 Å². The number of aliphatic hydroxyl groups is 1. The van der Waals surface area contributed by atoms with E-state index in [9.17, 15) is 14.7 Å². The van der Waals surface area contributed by atoms with Crippen molar-refractivity contribution in [2.24, 2.45) is 0 Å². The molecule has 112 valence electrons. The molecule has 6 nitrogen and oxygen atoms in total. The van der Waals surface area contributed by atoms with Gasteiger partial charge in [0.15, 0.2) is 0 Å². The van der Waals surface area contributed by atoms with Crippen molar-refractivity contribution in [3.05, 3.63) is 33.2 Å². The maximum Gasteiger partial charge on any atom is 0.251 e. The Hall–Kier alpha value is -1.18. The number of pyridine rings is 1. The van der Waals surface area contributed by atoms with Crippen LogP contribution in [0, 0.1) is 0 Å². The van der Waals surface area contributed by atoms with E-state index in [1.54, 1.807) is 19.2 Å². The van der Waals surface area contributed by atoms with Crippen LogP contribution in [0.5, 0.6) is 0 Å². The summed E-state index contributed by atoms with van der Waals surface area (Å²) >= 11 is 3.25. The van der Waals surface area contributed by atoms with Crippen LogP contribution in [-0.2, 0) is 11.3 Å². The Kier molecular flexibility index (Phi) is 5.91. The van der Waals surface area contributed by atoms with Gasteiger partial charge in [0.1, 0.15) is 6.54 Å². The first-order valence-electron chi connectivity index (χ1n) is 6.19. The number of hydrogen-bond donors (Lipinski definition) is 2. The molecule has 0 saturated heterocycles. The highest BCUT2D eigenvalue weighted by Crippen LogP contribution is 2.05. The number of carbonyl (C=O) groups excluding carboxylic acids is 1. The Balaban J connectivity index is 2.56. The molecule has 1 aromatic heterocycles. The third kappa shape index (κ3) is 5.85. The zero-order valence-corrected chi connectivity index (χ0v) is 13.5. The number of likely N-dealkylation sites (N-methyl/N-ethyl adjacent to an activating group) is 1. The smallest absolute Gasteiger partial charge is 0.251 e. The second kappa shape index (κ2) is 7.01. The maximum atomic E-state index is 11.8. The standard InChI is InChI=1S/C13H20BrN3O3/c1-13(20,9-16(2)3)8-15-11(18)7-17-6-10(14)4-5-12(17)19/h4-6,20H,7-9H2,1-3H3,(H,15,18). The van der Waals surface area contributed by atoms with Gasteiger partial charge in [-0.1, -0.05) is 0 Å². The summed E-state index contributed by atoms with van der Waals surface area (Å²) in [6.45, 7) is 2.14. The second-order valence-electron chi connectivity index (χ2n) is 5.32. The zero-order chi connectivity index (χ0) is 15.3. The highest BCUT2D eigenvalue weighted by atomic mass is 79.9. The van der Waals surface area contributed by atoms with Gasteiger partial charge in [0.05, 0.1) is 5.60 Å². The van der Waals surface area contributed by atoms with E-state index in [4.69, 9.17) is 0 Å². The predicted octanol–water partition coefficient (Wildman–Crippen LogP) is 0.0396. The van der Waals surface area contributed by atoms with Gasteiger partial charge in [-0.2, -0.15) is 0 Å². The van der Waals surface area contributed by atoms with Crippen molar-refractivity contribution >= 4 is 21.8 Å². The molecule has 1 aromatic rings. The quantitative estimate of drug-likeness (QED) is 0.763. The maximum absolute atomic E-state index is 11.8. The van der Waals surface area contributed by atoms with Crippen LogP contribution in [0.1, 0.15) is 6.92 Å². The third-order valence-electron chi connectivity index (χ3n) is 2.58. The monoisotopic (exact) mass is 345 g/mol. The number of nitrogens with one attached hydrogen (secondary N) is 1. The van der Waals surface area contributed by atoms with Crippen molar-refractivity contribution < 1.29 is 9.90 Å². The summed E-state index contributed by atoms with van der Waals surface area (Å²) in [6.07, 6.45) is 1.56. The first-order chi connectivity index (χ1) is 9.19. The van der Waals surface area contributed by atoms with Crippen LogP contribution < -0.4 is 10.9 Å². The SMILES string of the molecule is CN(C)CC(C)(O)CNC(=O)Cn1cc(Br)ccc1=O. The molecule has 0 spiro atoms. The van der Waals surface area contributed by atoms with Gasteiger partial charge in [0.25, 0.3) is 5.56 Å². The summed E-state index contributed by atoms with van der Waals surface area (Å²) in [5, 5.41) is 12.7. The molecule has 0 radical (unpaired) electrons. The minimum Gasteiger partial charge on any atom is -0.387 e. The Labute approximate surface area is 126 Å². The van der Waals surface area contributed by atoms with Gasteiger partial charge in [-0.3, -0.25) is 9.59 Å². The first kappa shape index (κ1) is 16.9. The minimum atomic E-state index is -1.01. The molecule has 0 aliphatic carbocycles. The zero-order valence-electron chi connectivity index (χ0n) is 11.9. The summed E-state index contributed by atoms with van der Waals surface area (Å²) in [6, 6.07) is 3.01.